The third-order valence-corrected chi connectivity index (χ3v) is 2.85. The number of hydrogen-bond donors (Lipinski definition) is 2. The number of aliphatic carboxylic acids is 1. The predicted molar refractivity (Wildman–Crippen MR) is 61.9 cm³/mol. The van der Waals surface area contributed by atoms with Crippen molar-refractivity contribution in [3.63, 3.8) is 0 Å². The molecular formula is C11H13ClO5. The van der Waals surface area contributed by atoms with Crippen LogP contribution >= 0.6 is 11.6 Å². The normalized spacial score (nSPS) is 12.1. The molecule has 0 aromatic heterocycles. The Hall–Kier alpha value is -1.46. The highest BCUT2D eigenvalue weighted by atomic mass is 35.5. The lowest BCUT2D eigenvalue weighted by Crippen LogP contribution is -2.12. The molecule has 6 heteroatoms. The Morgan fingerprint density at radius 2 is 2.00 bits per heavy atom. The summed E-state index contributed by atoms with van der Waals surface area (Å²) >= 11 is 6.02. The van der Waals surface area contributed by atoms with Crippen molar-refractivity contribution in [2.24, 2.45) is 0 Å². The third kappa shape index (κ3) is 2.45. The number of carbonyl (C=O) groups is 1. The summed E-state index contributed by atoms with van der Waals surface area (Å²) < 4.78 is 10.1. The van der Waals surface area contributed by atoms with Crippen LogP contribution in [-0.2, 0) is 4.79 Å². The van der Waals surface area contributed by atoms with Crippen LogP contribution in [-0.4, -0.2) is 30.4 Å². The van der Waals surface area contributed by atoms with Crippen molar-refractivity contribution < 1.29 is 24.5 Å². The zero-order chi connectivity index (χ0) is 13.2. The number of halogens is 1. The summed E-state index contributed by atoms with van der Waals surface area (Å²) in [5.74, 6) is -0.851. The molecule has 17 heavy (non-hydrogen) atoms. The van der Waals surface area contributed by atoms with Gasteiger partial charge in [0.25, 0.3) is 0 Å². The maximum absolute atomic E-state index is 10.8. The van der Waals surface area contributed by atoms with E-state index in [-0.39, 0.29) is 16.3 Å². The van der Waals surface area contributed by atoms with Gasteiger partial charge in [0.15, 0.2) is 6.10 Å². The highest BCUT2D eigenvalue weighted by Gasteiger charge is 2.25. The van der Waals surface area contributed by atoms with Crippen LogP contribution in [0.2, 0.25) is 5.02 Å². The molecule has 0 radical (unpaired) electrons. The quantitative estimate of drug-likeness (QED) is 0.863. The van der Waals surface area contributed by atoms with E-state index in [1.807, 2.05) is 0 Å². The molecule has 1 atom stereocenters. The van der Waals surface area contributed by atoms with E-state index in [9.17, 15) is 9.90 Å². The Morgan fingerprint density at radius 1 is 1.41 bits per heavy atom. The first-order valence-electron chi connectivity index (χ1n) is 4.75. The second-order valence-electron chi connectivity index (χ2n) is 3.38. The number of aliphatic hydroxyl groups is 1. The molecule has 1 aromatic carbocycles. The molecule has 0 amide bonds. The smallest absolute Gasteiger partial charge is 0.337 e. The van der Waals surface area contributed by atoms with E-state index in [1.54, 1.807) is 6.92 Å². The van der Waals surface area contributed by atoms with Crippen LogP contribution in [0.5, 0.6) is 11.5 Å². The summed E-state index contributed by atoms with van der Waals surface area (Å²) in [6.07, 6.45) is -1.71. The first kappa shape index (κ1) is 13.6. The molecule has 0 fully saturated rings. The van der Waals surface area contributed by atoms with Gasteiger partial charge in [0.1, 0.15) is 11.5 Å². The summed E-state index contributed by atoms with van der Waals surface area (Å²) in [6, 6.07) is 1.40. The zero-order valence-electron chi connectivity index (χ0n) is 9.65. The van der Waals surface area contributed by atoms with Gasteiger partial charge in [-0.3, -0.25) is 0 Å². The van der Waals surface area contributed by atoms with Crippen molar-refractivity contribution in [2.45, 2.75) is 13.0 Å². The van der Waals surface area contributed by atoms with E-state index in [0.29, 0.717) is 11.3 Å². The van der Waals surface area contributed by atoms with Crippen LogP contribution < -0.4 is 9.47 Å². The largest absolute Gasteiger partial charge is 0.496 e. The van der Waals surface area contributed by atoms with E-state index in [1.165, 1.54) is 20.3 Å². The molecule has 0 saturated heterocycles. The van der Waals surface area contributed by atoms with Gasteiger partial charge in [0.2, 0.25) is 0 Å². The Labute approximate surface area is 104 Å². The van der Waals surface area contributed by atoms with Crippen LogP contribution in [0.15, 0.2) is 6.07 Å². The van der Waals surface area contributed by atoms with Gasteiger partial charge in [-0.05, 0) is 13.0 Å². The van der Waals surface area contributed by atoms with Gasteiger partial charge in [-0.1, -0.05) is 11.6 Å². The molecule has 0 aliphatic carbocycles. The Kier molecular flexibility index (Phi) is 4.20. The summed E-state index contributed by atoms with van der Waals surface area (Å²) in [6.45, 7) is 1.71. The van der Waals surface area contributed by atoms with Crippen molar-refractivity contribution in [3.8, 4) is 11.5 Å². The van der Waals surface area contributed by atoms with Crippen LogP contribution in [0.25, 0.3) is 0 Å². The van der Waals surface area contributed by atoms with Gasteiger partial charge >= 0.3 is 5.97 Å². The van der Waals surface area contributed by atoms with Gasteiger partial charge in [-0.15, -0.1) is 0 Å². The van der Waals surface area contributed by atoms with E-state index < -0.39 is 12.1 Å². The Bertz CT molecular complexity index is 444. The lowest BCUT2D eigenvalue weighted by atomic mass is 10.0. The zero-order valence-corrected chi connectivity index (χ0v) is 10.4. The molecule has 0 spiro atoms. The molecular weight excluding hydrogens is 248 g/mol. The highest BCUT2D eigenvalue weighted by molar-refractivity contribution is 6.33. The van der Waals surface area contributed by atoms with Crippen LogP contribution in [0.1, 0.15) is 17.2 Å². The summed E-state index contributed by atoms with van der Waals surface area (Å²) in [7, 11) is 2.78. The van der Waals surface area contributed by atoms with Crippen LogP contribution in [0.3, 0.4) is 0 Å². The molecule has 0 bridgehead atoms. The van der Waals surface area contributed by atoms with Gasteiger partial charge in [-0.2, -0.15) is 0 Å². The molecule has 0 heterocycles. The van der Waals surface area contributed by atoms with Gasteiger partial charge in [0, 0.05) is 11.1 Å². The monoisotopic (exact) mass is 260 g/mol. The minimum absolute atomic E-state index is 0.0625. The summed E-state index contributed by atoms with van der Waals surface area (Å²) in [5.41, 5.74) is 0.680. The van der Waals surface area contributed by atoms with Crippen LogP contribution in [0.4, 0.5) is 0 Å². The molecule has 2 N–H and O–H groups in total. The molecule has 0 aliphatic heterocycles. The van der Waals surface area contributed by atoms with E-state index in [2.05, 4.69) is 0 Å². The van der Waals surface area contributed by atoms with Crippen molar-refractivity contribution >= 4 is 17.6 Å². The number of aliphatic hydroxyl groups excluding tert-OH is 1. The highest BCUT2D eigenvalue weighted by Crippen LogP contribution is 2.40. The maximum atomic E-state index is 10.8. The minimum Gasteiger partial charge on any atom is -0.496 e. The molecule has 5 nitrogen and oxygen atoms in total. The number of methoxy groups -OCH3 is 2. The fourth-order valence-corrected chi connectivity index (χ4v) is 1.76. The lowest BCUT2D eigenvalue weighted by molar-refractivity contribution is -0.147. The number of ether oxygens (including phenoxy) is 2. The summed E-state index contributed by atoms with van der Waals surface area (Å²) in [5, 5.41) is 18.6. The maximum Gasteiger partial charge on any atom is 0.337 e. The fourth-order valence-electron chi connectivity index (χ4n) is 1.48. The number of benzene rings is 1. The first-order valence-corrected chi connectivity index (χ1v) is 5.13. The first-order chi connectivity index (χ1) is 7.93. The van der Waals surface area contributed by atoms with Crippen LogP contribution in [0, 0.1) is 6.92 Å². The number of carboxylic acid groups (broad SMARTS) is 1. The van der Waals surface area contributed by atoms with Crippen molar-refractivity contribution in [3.05, 3.63) is 22.2 Å². The van der Waals surface area contributed by atoms with Crippen molar-refractivity contribution in [2.75, 3.05) is 14.2 Å². The molecule has 0 aliphatic rings. The lowest BCUT2D eigenvalue weighted by Gasteiger charge is -2.17. The van der Waals surface area contributed by atoms with Gasteiger partial charge in [0.05, 0.1) is 19.2 Å². The average Bonchev–Trinajstić information content (AvgIpc) is 2.31. The van der Waals surface area contributed by atoms with Crippen molar-refractivity contribution in [1.29, 1.82) is 0 Å². The third-order valence-electron chi connectivity index (χ3n) is 2.40. The average molecular weight is 261 g/mol. The molecule has 1 rings (SSSR count). The molecule has 1 unspecified atom stereocenters. The predicted octanol–water partition coefficient (Wildman–Crippen LogP) is 1.78. The summed E-state index contributed by atoms with van der Waals surface area (Å²) in [4.78, 5) is 10.8. The van der Waals surface area contributed by atoms with E-state index in [4.69, 9.17) is 26.2 Å². The van der Waals surface area contributed by atoms with E-state index in [0.717, 1.165) is 0 Å². The SMILES string of the molecule is COc1cc(C(O)C(=O)O)c(OC)c(Cl)c1C. The Balaban J connectivity index is 3.47. The molecule has 94 valence electrons. The second-order valence-corrected chi connectivity index (χ2v) is 3.76. The van der Waals surface area contributed by atoms with Gasteiger partial charge in [-0.25, -0.2) is 4.79 Å². The van der Waals surface area contributed by atoms with Crippen molar-refractivity contribution in [1.82, 2.24) is 0 Å². The molecule has 1 aromatic rings. The standard InChI is InChI=1S/C11H13ClO5/c1-5-7(16-2)4-6(9(13)11(14)15)10(17-3)8(5)12/h4,9,13H,1-3H3,(H,14,15). The number of hydrogen-bond acceptors (Lipinski definition) is 4. The number of rotatable bonds is 4. The fraction of sp³-hybridized carbons (Fsp3) is 0.364. The minimum atomic E-state index is -1.71. The van der Waals surface area contributed by atoms with E-state index >= 15 is 0 Å². The molecule has 0 saturated carbocycles. The van der Waals surface area contributed by atoms with Gasteiger partial charge < -0.3 is 19.7 Å². The number of carboxylic acids is 1. The Morgan fingerprint density at radius 3 is 2.41 bits per heavy atom. The topological polar surface area (TPSA) is 76.0 Å². The second kappa shape index (κ2) is 5.25.